The number of carbonyl (C=O) groups excluding carboxylic acids is 1. The average molecular weight is 294 g/mol. The number of aliphatic carboxylic acids is 1. The van der Waals surface area contributed by atoms with Gasteiger partial charge in [0.1, 0.15) is 12.2 Å². The van der Waals surface area contributed by atoms with E-state index in [-0.39, 0.29) is 19.0 Å². The molecular weight excluding hydrogens is 280 g/mol. The Morgan fingerprint density at radius 2 is 2.25 bits per heavy atom. The summed E-state index contributed by atoms with van der Waals surface area (Å²) in [5.74, 6) is -1.15. The molecule has 2 N–H and O–H groups in total. The molecule has 0 aliphatic rings. The van der Waals surface area contributed by atoms with Crippen LogP contribution in [0.25, 0.3) is 0 Å². The Hall–Kier alpha value is -2.22. The van der Waals surface area contributed by atoms with Crippen molar-refractivity contribution < 1.29 is 14.7 Å². The van der Waals surface area contributed by atoms with Gasteiger partial charge in [0.15, 0.2) is 0 Å². The van der Waals surface area contributed by atoms with Crippen molar-refractivity contribution in [3.05, 3.63) is 33.8 Å². The molecule has 0 unspecified atom stereocenters. The lowest BCUT2D eigenvalue weighted by atomic mass is 10.3. The predicted molar refractivity (Wildman–Crippen MR) is 72.5 cm³/mol. The van der Waals surface area contributed by atoms with Gasteiger partial charge >= 0.3 is 5.97 Å². The molecule has 0 aliphatic carbocycles. The molecule has 8 heteroatoms. The van der Waals surface area contributed by atoms with Gasteiger partial charge in [-0.05, 0) is 18.6 Å². The molecule has 0 fully saturated rings. The highest BCUT2D eigenvalue weighted by Gasteiger charge is 2.10. The number of nitrogens with one attached hydrogen (secondary N) is 1. The number of carbonyl (C=O) groups is 2. The number of hydrogen-bond acceptors (Lipinski definition) is 5. The van der Waals surface area contributed by atoms with E-state index >= 15 is 0 Å². The molecule has 0 bridgehead atoms. The van der Waals surface area contributed by atoms with E-state index in [1.165, 1.54) is 22.2 Å². The quantitative estimate of drug-likeness (QED) is 0.825. The first-order chi connectivity index (χ1) is 9.58. The minimum Gasteiger partial charge on any atom is -0.480 e. The van der Waals surface area contributed by atoms with Crippen LogP contribution < -0.4 is 5.32 Å². The molecular formula is C12H14N4O3S. The second kappa shape index (κ2) is 6.29. The highest BCUT2D eigenvalue weighted by molar-refractivity contribution is 7.14. The molecule has 20 heavy (non-hydrogen) atoms. The summed E-state index contributed by atoms with van der Waals surface area (Å²) in [6, 6.07) is 3.73. The fourth-order valence-electron chi connectivity index (χ4n) is 1.58. The van der Waals surface area contributed by atoms with Crippen LogP contribution in [0.5, 0.6) is 0 Å². The van der Waals surface area contributed by atoms with Crippen LogP contribution in [-0.4, -0.2) is 32.0 Å². The van der Waals surface area contributed by atoms with Crippen LogP contribution >= 0.6 is 11.3 Å². The van der Waals surface area contributed by atoms with Gasteiger partial charge in [0, 0.05) is 4.88 Å². The SMILES string of the molecule is CCc1ccc(C(=O)NCc2cn(CC(=O)O)nn2)s1. The molecule has 0 saturated heterocycles. The minimum atomic E-state index is -0.990. The fourth-order valence-corrected chi connectivity index (χ4v) is 2.45. The summed E-state index contributed by atoms with van der Waals surface area (Å²) in [6.45, 7) is 2.01. The van der Waals surface area contributed by atoms with Gasteiger partial charge in [-0.3, -0.25) is 9.59 Å². The first-order valence-electron chi connectivity index (χ1n) is 6.06. The molecule has 7 nitrogen and oxygen atoms in total. The highest BCUT2D eigenvalue weighted by Crippen LogP contribution is 2.16. The van der Waals surface area contributed by atoms with Gasteiger partial charge in [-0.25, -0.2) is 4.68 Å². The third-order valence-corrected chi connectivity index (χ3v) is 3.78. The zero-order valence-corrected chi connectivity index (χ0v) is 11.7. The standard InChI is InChI=1S/C12H14N4O3S/c1-2-9-3-4-10(20-9)12(19)13-5-8-6-16(15-14-8)7-11(17)18/h3-4,6H,2,5,7H2,1H3,(H,13,19)(H,17,18). The van der Waals surface area contributed by atoms with Gasteiger partial charge in [-0.1, -0.05) is 12.1 Å². The van der Waals surface area contributed by atoms with Crippen LogP contribution in [-0.2, 0) is 24.3 Å². The van der Waals surface area contributed by atoms with Crippen LogP contribution in [0.3, 0.4) is 0 Å². The first kappa shape index (κ1) is 14.2. The number of aromatic nitrogens is 3. The Kier molecular flexibility index (Phi) is 4.46. The van der Waals surface area contributed by atoms with E-state index in [0.29, 0.717) is 10.6 Å². The summed E-state index contributed by atoms with van der Waals surface area (Å²) < 4.78 is 1.21. The van der Waals surface area contributed by atoms with Crippen LogP contribution in [0, 0.1) is 0 Å². The molecule has 2 aromatic rings. The molecule has 2 heterocycles. The molecule has 1 amide bonds. The van der Waals surface area contributed by atoms with Gasteiger partial charge in [0.05, 0.1) is 17.6 Å². The van der Waals surface area contributed by atoms with E-state index < -0.39 is 5.97 Å². The number of thiophene rings is 1. The summed E-state index contributed by atoms with van der Waals surface area (Å²) in [5.41, 5.74) is 0.520. The summed E-state index contributed by atoms with van der Waals surface area (Å²) >= 11 is 1.46. The van der Waals surface area contributed by atoms with Crippen molar-refractivity contribution >= 4 is 23.2 Å². The van der Waals surface area contributed by atoms with Gasteiger partial charge < -0.3 is 10.4 Å². The van der Waals surface area contributed by atoms with Gasteiger partial charge in [-0.15, -0.1) is 16.4 Å². The van der Waals surface area contributed by atoms with Crippen molar-refractivity contribution in [3.8, 4) is 0 Å². The molecule has 0 atom stereocenters. The molecule has 2 aromatic heterocycles. The monoisotopic (exact) mass is 294 g/mol. The third-order valence-electron chi connectivity index (χ3n) is 2.55. The van der Waals surface area contributed by atoms with Crippen LogP contribution in [0.2, 0.25) is 0 Å². The van der Waals surface area contributed by atoms with Crippen LogP contribution in [0.1, 0.15) is 27.2 Å². The van der Waals surface area contributed by atoms with E-state index in [0.717, 1.165) is 11.3 Å². The third kappa shape index (κ3) is 3.64. The number of aryl methyl sites for hydroxylation is 1. The lowest BCUT2D eigenvalue weighted by Crippen LogP contribution is -2.22. The van der Waals surface area contributed by atoms with Crippen molar-refractivity contribution in [3.63, 3.8) is 0 Å². The minimum absolute atomic E-state index is 0.164. The second-order valence-corrected chi connectivity index (χ2v) is 5.27. The summed E-state index contributed by atoms with van der Waals surface area (Å²) in [7, 11) is 0. The summed E-state index contributed by atoms with van der Waals surface area (Å²) in [4.78, 5) is 24.2. The highest BCUT2D eigenvalue weighted by atomic mass is 32.1. The van der Waals surface area contributed by atoms with Crippen LogP contribution in [0.15, 0.2) is 18.3 Å². The van der Waals surface area contributed by atoms with Crippen molar-refractivity contribution in [2.75, 3.05) is 0 Å². The lowest BCUT2D eigenvalue weighted by Gasteiger charge is -1.99. The lowest BCUT2D eigenvalue weighted by molar-refractivity contribution is -0.137. The fraction of sp³-hybridized carbons (Fsp3) is 0.333. The van der Waals surface area contributed by atoms with Gasteiger partial charge in [-0.2, -0.15) is 0 Å². The average Bonchev–Trinajstić information content (AvgIpc) is 3.04. The number of carboxylic acids is 1. The van der Waals surface area contributed by atoms with Gasteiger partial charge in [0.2, 0.25) is 0 Å². The number of carboxylic acid groups (broad SMARTS) is 1. The first-order valence-corrected chi connectivity index (χ1v) is 6.88. The molecule has 0 aromatic carbocycles. The van der Waals surface area contributed by atoms with Gasteiger partial charge in [0.25, 0.3) is 5.91 Å². The Morgan fingerprint density at radius 3 is 2.90 bits per heavy atom. The molecule has 0 spiro atoms. The number of hydrogen-bond donors (Lipinski definition) is 2. The Bertz CT molecular complexity index is 620. The van der Waals surface area contributed by atoms with E-state index in [1.54, 1.807) is 6.07 Å². The molecule has 106 valence electrons. The topological polar surface area (TPSA) is 97.1 Å². The molecule has 0 radical (unpaired) electrons. The molecule has 0 saturated carbocycles. The Morgan fingerprint density at radius 1 is 1.45 bits per heavy atom. The van der Waals surface area contributed by atoms with Crippen molar-refractivity contribution in [2.45, 2.75) is 26.4 Å². The Balaban J connectivity index is 1.89. The molecule has 0 aliphatic heterocycles. The summed E-state index contributed by atoms with van der Waals surface area (Å²) in [5, 5.41) is 18.8. The maximum Gasteiger partial charge on any atom is 0.325 e. The number of nitrogens with zero attached hydrogens (tertiary/aromatic N) is 3. The predicted octanol–water partition coefficient (Wildman–Crippen LogP) is 0.917. The van der Waals surface area contributed by atoms with Crippen molar-refractivity contribution in [2.24, 2.45) is 0 Å². The van der Waals surface area contributed by atoms with Crippen molar-refractivity contribution in [1.29, 1.82) is 0 Å². The van der Waals surface area contributed by atoms with E-state index in [9.17, 15) is 9.59 Å². The second-order valence-electron chi connectivity index (χ2n) is 4.10. The molecule has 2 rings (SSSR count). The normalized spacial score (nSPS) is 10.4. The van der Waals surface area contributed by atoms with E-state index in [2.05, 4.69) is 15.6 Å². The van der Waals surface area contributed by atoms with Crippen molar-refractivity contribution in [1.82, 2.24) is 20.3 Å². The van der Waals surface area contributed by atoms with Crippen LogP contribution in [0.4, 0.5) is 0 Å². The summed E-state index contributed by atoms with van der Waals surface area (Å²) in [6.07, 6.45) is 2.40. The Labute approximate surface area is 119 Å². The number of amides is 1. The maximum absolute atomic E-state index is 11.9. The zero-order chi connectivity index (χ0) is 14.5. The maximum atomic E-state index is 11.9. The van der Waals surface area contributed by atoms with E-state index in [4.69, 9.17) is 5.11 Å². The smallest absolute Gasteiger partial charge is 0.325 e. The largest absolute Gasteiger partial charge is 0.480 e. The van der Waals surface area contributed by atoms with E-state index in [1.807, 2.05) is 13.0 Å². The number of rotatable bonds is 6. The zero-order valence-electron chi connectivity index (χ0n) is 10.9.